The molecule has 1 aliphatic rings. The SMILES string of the molecule is O=C(CN1C(=O)CNC1=O)NCCc1nc(-c2ccccc2)cs1. The van der Waals surface area contributed by atoms with Crippen LogP contribution in [-0.4, -0.2) is 47.4 Å². The molecule has 0 radical (unpaired) electrons. The highest BCUT2D eigenvalue weighted by Gasteiger charge is 2.29. The van der Waals surface area contributed by atoms with Gasteiger partial charge < -0.3 is 10.6 Å². The Hall–Kier alpha value is -2.74. The van der Waals surface area contributed by atoms with Gasteiger partial charge in [0.05, 0.1) is 17.2 Å². The lowest BCUT2D eigenvalue weighted by Gasteiger charge is -2.11. The highest BCUT2D eigenvalue weighted by molar-refractivity contribution is 7.09. The normalized spacial score (nSPS) is 13.9. The van der Waals surface area contributed by atoms with Crippen LogP contribution in [-0.2, 0) is 16.0 Å². The number of thiazole rings is 1. The third kappa shape index (κ3) is 3.77. The van der Waals surface area contributed by atoms with Crippen molar-refractivity contribution in [1.29, 1.82) is 0 Å². The second-order valence-electron chi connectivity index (χ2n) is 5.23. The maximum atomic E-state index is 11.8. The number of carbonyl (C=O) groups excluding carboxylic acids is 3. The van der Waals surface area contributed by atoms with Gasteiger partial charge in [-0.25, -0.2) is 9.78 Å². The summed E-state index contributed by atoms with van der Waals surface area (Å²) in [5.41, 5.74) is 1.98. The minimum Gasteiger partial charge on any atom is -0.354 e. The van der Waals surface area contributed by atoms with Gasteiger partial charge in [0.2, 0.25) is 5.91 Å². The second kappa shape index (κ2) is 7.22. The van der Waals surface area contributed by atoms with Gasteiger partial charge in [0, 0.05) is 23.9 Å². The van der Waals surface area contributed by atoms with E-state index >= 15 is 0 Å². The van der Waals surface area contributed by atoms with E-state index in [1.165, 1.54) is 11.3 Å². The number of benzene rings is 1. The molecule has 1 saturated heterocycles. The van der Waals surface area contributed by atoms with Crippen LogP contribution >= 0.6 is 11.3 Å². The average Bonchev–Trinajstić information content (AvgIpc) is 3.18. The lowest BCUT2D eigenvalue weighted by molar-refractivity contribution is -0.130. The Kier molecular flexibility index (Phi) is 4.85. The molecule has 0 bridgehead atoms. The number of nitrogens with one attached hydrogen (secondary N) is 2. The van der Waals surface area contributed by atoms with E-state index in [2.05, 4.69) is 15.6 Å². The van der Waals surface area contributed by atoms with Crippen molar-refractivity contribution in [3.8, 4) is 11.3 Å². The standard InChI is InChI=1S/C16H16N4O3S/c21-13(9-20-15(22)8-18-16(20)23)17-7-6-14-19-12(10-24-14)11-4-2-1-3-5-11/h1-5,10H,6-9H2,(H,17,21)(H,18,23). The maximum Gasteiger partial charge on any atom is 0.325 e. The molecule has 0 spiro atoms. The molecule has 0 unspecified atom stereocenters. The van der Waals surface area contributed by atoms with Crippen LogP contribution in [0.2, 0.25) is 0 Å². The number of nitrogens with zero attached hydrogens (tertiary/aromatic N) is 2. The Morgan fingerprint density at radius 3 is 2.79 bits per heavy atom. The lowest BCUT2D eigenvalue weighted by atomic mass is 10.2. The van der Waals surface area contributed by atoms with E-state index < -0.39 is 6.03 Å². The third-order valence-corrected chi connectivity index (χ3v) is 4.43. The fourth-order valence-electron chi connectivity index (χ4n) is 2.29. The summed E-state index contributed by atoms with van der Waals surface area (Å²) in [5, 5.41) is 7.98. The number of aromatic nitrogens is 1. The molecule has 2 heterocycles. The van der Waals surface area contributed by atoms with Gasteiger partial charge in [0.25, 0.3) is 5.91 Å². The first-order valence-corrected chi connectivity index (χ1v) is 8.36. The maximum absolute atomic E-state index is 11.8. The molecule has 3 rings (SSSR count). The first-order chi connectivity index (χ1) is 11.6. The molecule has 2 aromatic rings. The molecule has 8 heteroatoms. The van der Waals surface area contributed by atoms with E-state index in [0.29, 0.717) is 13.0 Å². The highest BCUT2D eigenvalue weighted by Crippen LogP contribution is 2.21. The zero-order valence-corrected chi connectivity index (χ0v) is 13.6. The van der Waals surface area contributed by atoms with E-state index in [0.717, 1.165) is 21.2 Å². The molecule has 2 N–H and O–H groups in total. The van der Waals surface area contributed by atoms with Crippen molar-refractivity contribution in [2.24, 2.45) is 0 Å². The Morgan fingerprint density at radius 1 is 1.29 bits per heavy atom. The van der Waals surface area contributed by atoms with Crippen molar-refractivity contribution in [1.82, 2.24) is 20.5 Å². The summed E-state index contributed by atoms with van der Waals surface area (Å²) in [6.07, 6.45) is 0.601. The van der Waals surface area contributed by atoms with Gasteiger partial charge >= 0.3 is 6.03 Å². The van der Waals surface area contributed by atoms with Gasteiger partial charge in [-0.15, -0.1) is 11.3 Å². The zero-order chi connectivity index (χ0) is 16.9. The Morgan fingerprint density at radius 2 is 2.08 bits per heavy atom. The van der Waals surface area contributed by atoms with E-state index in [9.17, 15) is 14.4 Å². The molecule has 7 nitrogen and oxygen atoms in total. The van der Waals surface area contributed by atoms with Gasteiger partial charge in [0.1, 0.15) is 6.54 Å². The summed E-state index contributed by atoms with van der Waals surface area (Å²) >= 11 is 1.54. The Labute approximate surface area is 142 Å². The fraction of sp³-hybridized carbons (Fsp3) is 0.250. The molecule has 1 aliphatic heterocycles. The predicted molar refractivity (Wildman–Crippen MR) is 89.4 cm³/mol. The molecule has 1 aromatic carbocycles. The van der Waals surface area contributed by atoms with Crippen molar-refractivity contribution in [3.05, 3.63) is 40.7 Å². The number of carbonyl (C=O) groups is 3. The van der Waals surface area contributed by atoms with E-state index in [1.807, 2.05) is 35.7 Å². The quantitative estimate of drug-likeness (QED) is 0.766. The number of rotatable bonds is 6. The molecule has 0 saturated carbocycles. The Balaban J connectivity index is 1.47. The lowest BCUT2D eigenvalue weighted by Crippen LogP contribution is -2.41. The van der Waals surface area contributed by atoms with Crippen LogP contribution in [0, 0.1) is 0 Å². The highest BCUT2D eigenvalue weighted by atomic mass is 32.1. The van der Waals surface area contributed by atoms with Crippen molar-refractivity contribution in [3.63, 3.8) is 0 Å². The van der Waals surface area contributed by atoms with Crippen LogP contribution < -0.4 is 10.6 Å². The first kappa shape index (κ1) is 16.1. The minimum atomic E-state index is -0.525. The van der Waals surface area contributed by atoms with Crippen molar-refractivity contribution < 1.29 is 14.4 Å². The van der Waals surface area contributed by atoms with Gasteiger partial charge in [-0.2, -0.15) is 0 Å². The largest absolute Gasteiger partial charge is 0.354 e. The number of hydrogen-bond acceptors (Lipinski definition) is 5. The molecule has 0 aliphatic carbocycles. The fourth-order valence-corrected chi connectivity index (χ4v) is 3.10. The third-order valence-electron chi connectivity index (χ3n) is 3.52. The van der Waals surface area contributed by atoms with Crippen LogP contribution in [0.25, 0.3) is 11.3 Å². The number of urea groups is 1. The topological polar surface area (TPSA) is 91.4 Å². The summed E-state index contributed by atoms with van der Waals surface area (Å²) in [4.78, 5) is 40.0. The zero-order valence-electron chi connectivity index (χ0n) is 12.8. The van der Waals surface area contributed by atoms with Crippen LogP contribution in [0.1, 0.15) is 5.01 Å². The summed E-state index contributed by atoms with van der Waals surface area (Å²) in [5.74, 6) is -0.747. The van der Waals surface area contributed by atoms with Crippen LogP contribution in [0.5, 0.6) is 0 Å². The van der Waals surface area contributed by atoms with Crippen molar-refractivity contribution >= 4 is 29.2 Å². The summed E-state index contributed by atoms with van der Waals surface area (Å²) in [6.45, 7) is 0.107. The molecule has 24 heavy (non-hydrogen) atoms. The second-order valence-corrected chi connectivity index (χ2v) is 6.17. The smallest absolute Gasteiger partial charge is 0.325 e. The monoisotopic (exact) mass is 344 g/mol. The summed E-state index contributed by atoms with van der Waals surface area (Å²) in [7, 11) is 0. The molecule has 1 aromatic heterocycles. The van der Waals surface area contributed by atoms with Crippen molar-refractivity contribution in [2.45, 2.75) is 6.42 Å². The van der Waals surface area contributed by atoms with Gasteiger partial charge in [0.15, 0.2) is 0 Å². The molecule has 4 amide bonds. The van der Waals surface area contributed by atoms with E-state index in [1.54, 1.807) is 0 Å². The minimum absolute atomic E-state index is 0.0481. The van der Waals surface area contributed by atoms with Gasteiger partial charge in [-0.3, -0.25) is 14.5 Å². The van der Waals surface area contributed by atoms with Crippen LogP contribution in [0.4, 0.5) is 4.79 Å². The Bertz CT molecular complexity index is 744. The van der Waals surface area contributed by atoms with E-state index in [-0.39, 0.29) is 24.9 Å². The van der Waals surface area contributed by atoms with Crippen molar-refractivity contribution in [2.75, 3.05) is 19.6 Å². The van der Waals surface area contributed by atoms with E-state index in [4.69, 9.17) is 0 Å². The predicted octanol–water partition coefficient (Wildman–Crippen LogP) is 1.02. The van der Waals surface area contributed by atoms with Crippen LogP contribution in [0.3, 0.4) is 0 Å². The molecular weight excluding hydrogens is 328 g/mol. The van der Waals surface area contributed by atoms with Crippen LogP contribution in [0.15, 0.2) is 35.7 Å². The number of imide groups is 1. The summed E-state index contributed by atoms with van der Waals surface area (Å²) < 4.78 is 0. The number of amides is 4. The van der Waals surface area contributed by atoms with Gasteiger partial charge in [-0.1, -0.05) is 30.3 Å². The first-order valence-electron chi connectivity index (χ1n) is 7.48. The molecule has 0 atom stereocenters. The molecule has 124 valence electrons. The van der Waals surface area contributed by atoms with Gasteiger partial charge in [-0.05, 0) is 0 Å². The summed E-state index contributed by atoms with van der Waals surface area (Å²) in [6, 6.07) is 9.35. The molecular formula is C16H16N4O3S. The average molecular weight is 344 g/mol. The molecule has 1 fully saturated rings. The number of hydrogen-bond donors (Lipinski definition) is 2.